The molecule has 0 radical (unpaired) electrons. The lowest BCUT2D eigenvalue weighted by molar-refractivity contribution is -0.175. The van der Waals surface area contributed by atoms with E-state index in [1.54, 1.807) is 56.3 Å². The summed E-state index contributed by atoms with van der Waals surface area (Å²) in [5.74, 6) is -2.03. The minimum absolute atomic E-state index is 0.0565. The van der Waals surface area contributed by atoms with Crippen molar-refractivity contribution in [2.45, 2.75) is 63.1 Å². The fraction of sp³-hybridized carbons (Fsp3) is 0.324. The first-order valence-corrected chi connectivity index (χ1v) is 15.0. The van der Waals surface area contributed by atoms with Gasteiger partial charge in [-0.3, -0.25) is 10.1 Å². The summed E-state index contributed by atoms with van der Waals surface area (Å²) in [6, 6.07) is 16.2. The highest BCUT2D eigenvalue weighted by Gasteiger charge is 2.52. The third kappa shape index (κ3) is 5.80. The van der Waals surface area contributed by atoms with E-state index in [0.29, 0.717) is 47.5 Å². The SMILES string of the molecule is Cc1noc(-c2ccc(-c3cccc(C45CCC(CC(=O)O)(CC4)OC5)c3F)c(F)c2)c1NC(=O)O[C@H](C)c1ccccc1Cl. The van der Waals surface area contributed by atoms with E-state index in [-0.39, 0.29) is 41.2 Å². The van der Waals surface area contributed by atoms with Gasteiger partial charge in [-0.05, 0) is 57.2 Å². The number of carboxylic acid groups (broad SMARTS) is 1. The minimum atomic E-state index is -0.914. The number of hydrogen-bond donors (Lipinski definition) is 2. The molecule has 1 atom stereocenters. The van der Waals surface area contributed by atoms with Crippen molar-refractivity contribution in [3.63, 3.8) is 0 Å². The Morgan fingerprint density at radius 2 is 1.82 bits per heavy atom. The minimum Gasteiger partial charge on any atom is -0.481 e. The number of fused-ring (bicyclic) bond motifs is 3. The quantitative estimate of drug-likeness (QED) is 0.199. The van der Waals surface area contributed by atoms with Crippen LogP contribution in [-0.2, 0) is 19.7 Å². The van der Waals surface area contributed by atoms with Gasteiger partial charge in [0.1, 0.15) is 29.1 Å². The number of hydrogen-bond acceptors (Lipinski definition) is 6. The number of rotatable bonds is 8. The first-order chi connectivity index (χ1) is 21.5. The highest BCUT2D eigenvalue weighted by Crippen LogP contribution is 2.52. The summed E-state index contributed by atoms with van der Waals surface area (Å²) in [6.07, 6.45) is 0.709. The summed E-state index contributed by atoms with van der Waals surface area (Å²) in [5.41, 5.74) is 0.759. The number of aryl methyl sites for hydroxylation is 1. The monoisotopic (exact) mass is 636 g/mol. The maximum Gasteiger partial charge on any atom is 0.412 e. The average Bonchev–Trinajstić information content (AvgIpc) is 3.37. The predicted octanol–water partition coefficient (Wildman–Crippen LogP) is 8.61. The fourth-order valence-corrected chi connectivity index (χ4v) is 6.80. The standard InChI is InChI=1S/C34H31ClF2N2O6/c1-19-30(38-32(42)44-20(2)22-6-3-4-9-26(22)35)31(45-39-19)21-10-11-23(27(36)16-21)24-7-5-8-25(29(24)37)33-12-14-34(15-13-33,43-18-33)17-28(40)41/h3-11,16,20H,12-15,17-18H2,1-2H3,(H,38,42)(H,40,41)/t20-,33?,34?/m1/s1. The number of amides is 1. The van der Waals surface area contributed by atoms with Crippen LogP contribution in [0, 0.1) is 18.6 Å². The molecule has 1 aliphatic carbocycles. The van der Waals surface area contributed by atoms with Gasteiger partial charge in [0.15, 0.2) is 5.76 Å². The van der Waals surface area contributed by atoms with Crippen LogP contribution >= 0.6 is 11.6 Å². The van der Waals surface area contributed by atoms with Crippen LogP contribution in [0.2, 0.25) is 5.02 Å². The Kier molecular flexibility index (Phi) is 8.13. The molecule has 0 unspecified atom stereocenters. The van der Waals surface area contributed by atoms with Gasteiger partial charge in [0.2, 0.25) is 0 Å². The molecule has 1 amide bonds. The van der Waals surface area contributed by atoms with Crippen molar-refractivity contribution in [3.05, 3.63) is 94.1 Å². The first kappa shape index (κ1) is 30.7. The highest BCUT2D eigenvalue weighted by atomic mass is 35.5. The van der Waals surface area contributed by atoms with Crippen LogP contribution in [0.25, 0.3) is 22.5 Å². The van der Waals surface area contributed by atoms with Crippen LogP contribution in [0.3, 0.4) is 0 Å². The molecule has 1 aromatic heterocycles. The Hall–Kier alpha value is -4.28. The fourth-order valence-electron chi connectivity index (χ4n) is 6.51. The topological polar surface area (TPSA) is 111 Å². The molecular weight excluding hydrogens is 606 g/mol. The Balaban J connectivity index is 1.23. The molecule has 3 heterocycles. The zero-order chi connectivity index (χ0) is 31.9. The number of halogens is 3. The second-order valence-electron chi connectivity index (χ2n) is 11.9. The number of aromatic nitrogens is 1. The number of nitrogens with zero attached hydrogens (tertiary/aromatic N) is 1. The largest absolute Gasteiger partial charge is 0.481 e. The summed E-state index contributed by atoms with van der Waals surface area (Å²) in [6.45, 7) is 3.52. The maximum absolute atomic E-state index is 16.1. The Morgan fingerprint density at radius 3 is 2.49 bits per heavy atom. The number of anilines is 1. The van der Waals surface area contributed by atoms with Crippen LogP contribution in [0.15, 0.2) is 65.2 Å². The van der Waals surface area contributed by atoms with Crippen molar-refractivity contribution in [2.24, 2.45) is 0 Å². The average molecular weight is 637 g/mol. The van der Waals surface area contributed by atoms with Crippen molar-refractivity contribution in [3.8, 4) is 22.5 Å². The number of ether oxygens (including phenoxy) is 2. The van der Waals surface area contributed by atoms with Crippen LogP contribution in [0.1, 0.15) is 62.0 Å². The van der Waals surface area contributed by atoms with E-state index >= 15 is 8.78 Å². The van der Waals surface area contributed by atoms with Gasteiger partial charge < -0.3 is 19.1 Å². The summed E-state index contributed by atoms with van der Waals surface area (Å²) < 4.78 is 48.8. The molecule has 1 saturated carbocycles. The van der Waals surface area contributed by atoms with Gasteiger partial charge in [0.25, 0.3) is 0 Å². The van der Waals surface area contributed by atoms with Crippen LogP contribution in [0.4, 0.5) is 19.3 Å². The van der Waals surface area contributed by atoms with E-state index < -0.39 is 40.8 Å². The van der Waals surface area contributed by atoms with E-state index in [0.717, 1.165) is 0 Å². The van der Waals surface area contributed by atoms with Crippen molar-refractivity contribution in [1.82, 2.24) is 5.16 Å². The second-order valence-corrected chi connectivity index (χ2v) is 12.3. The summed E-state index contributed by atoms with van der Waals surface area (Å²) in [5, 5.41) is 16.3. The van der Waals surface area contributed by atoms with Crippen LogP contribution in [0.5, 0.6) is 0 Å². The predicted molar refractivity (Wildman–Crippen MR) is 163 cm³/mol. The van der Waals surface area contributed by atoms with Gasteiger partial charge in [-0.25, -0.2) is 13.6 Å². The summed E-state index contributed by atoms with van der Waals surface area (Å²) >= 11 is 6.22. The molecule has 3 aromatic carbocycles. The molecule has 11 heteroatoms. The van der Waals surface area contributed by atoms with Crippen molar-refractivity contribution in [2.75, 3.05) is 11.9 Å². The Labute approximate surface area is 263 Å². The molecule has 2 aliphatic heterocycles. The molecule has 7 rings (SSSR count). The summed E-state index contributed by atoms with van der Waals surface area (Å²) in [7, 11) is 0. The molecule has 4 aromatic rings. The second kappa shape index (κ2) is 11.9. The summed E-state index contributed by atoms with van der Waals surface area (Å²) in [4.78, 5) is 24.1. The lowest BCUT2D eigenvalue weighted by Gasteiger charge is -2.53. The lowest BCUT2D eigenvalue weighted by atomic mass is 9.62. The van der Waals surface area contributed by atoms with Crippen LogP contribution in [-0.4, -0.2) is 34.5 Å². The molecular formula is C34H31ClF2N2O6. The van der Waals surface area contributed by atoms with E-state index in [2.05, 4.69) is 10.5 Å². The van der Waals surface area contributed by atoms with Crippen LogP contribution < -0.4 is 5.32 Å². The van der Waals surface area contributed by atoms with Crippen molar-refractivity contribution < 1.29 is 37.5 Å². The highest BCUT2D eigenvalue weighted by molar-refractivity contribution is 6.31. The first-order valence-electron chi connectivity index (χ1n) is 14.6. The van der Waals surface area contributed by atoms with Gasteiger partial charge in [-0.2, -0.15) is 0 Å². The smallest absolute Gasteiger partial charge is 0.412 e. The molecule has 234 valence electrons. The van der Waals surface area contributed by atoms with E-state index in [1.165, 1.54) is 18.2 Å². The Bertz CT molecular complexity index is 1770. The number of benzene rings is 3. The number of carbonyl (C=O) groups is 2. The van der Waals surface area contributed by atoms with E-state index in [9.17, 15) is 14.7 Å². The molecule has 2 saturated heterocycles. The van der Waals surface area contributed by atoms with E-state index in [1.807, 2.05) is 0 Å². The number of carbonyl (C=O) groups excluding carboxylic acids is 1. The van der Waals surface area contributed by atoms with Gasteiger partial charge in [0.05, 0.1) is 18.6 Å². The van der Waals surface area contributed by atoms with Gasteiger partial charge in [-0.1, -0.05) is 65.3 Å². The third-order valence-corrected chi connectivity index (χ3v) is 9.40. The van der Waals surface area contributed by atoms with Crippen molar-refractivity contribution >= 4 is 29.4 Å². The third-order valence-electron chi connectivity index (χ3n) is 9.05. The number of carboxylic acids is 1. The maximum atomic E-state index is 16.1. The Morgan fingerprint density at radius 1 is 1.07 bits per heavy atom. The number of nitrogens with one attached hydrogen (secondary N) is 1. The molecule has 45 heavy (non-hydrogen) atoms. The molecule has 2 N–H and O–H groups in total. The molecule has 2 bridgehead atoms. The van der Waals surface area contributed by atoms with Gasteiger partial charge in [0, 0.05) is 32.7 Å². The molecule has 0 spiro atoms. The zero-order valence-electron chi connectivity index (χ0n) is 24.7. The van der Waals surface area contributed by atoms with E-state index in [4.69, 9.17) is 25.6 Å². The molecule has 8 nitrogen and oxygen atoms in total. The van der Waals surface area contributed by atoms with Gasteiger partial charge >= 0.3 is 12.1 Å². The number of aliphatic carboxylic acids is 1. The lowest BCUT2D eigenvalue weighted by Crippen LogP contribution is -2.54. The zero-order valence-corrected chi connectivity index (χ0v) is 25.4. The molecule has 3 fully saturated rings. The van der Waals surface area contributed by atoms with Crippen molar-refractivity contribution in [1.29, 1.82) is 0 Å². The van der Waals surface area contributed by atoms with Gasteiger partial charge in [-0.15, -0.1) is 0 Å². The molecule has 3 aliphatic rings. The normalized spacial score (nSPS) is 21.4.